The number of rotatable bonds is 3. The molecule has 0 heterocycles. The Labute approximate surface area is 80.3 Å². The van der Waals surface area contributed by atoms with E-state index in [0.29, 0.717) is 5.75 Å². The molecule has 13 heavy (non-hydrogen) atoms. The topological polar surface area (TPSA) is 26.3 Å². The Kier molecular flexibility index (Phi) is 3.25. The number of ether oxygens (including phenoxy) is 1. The minimum atomic E-state index is -0.716. The Morgan fingerprint density at radius 1 is 1.46 bits per heavy atom. The zero-order valence-corrected chi connectivity index (χ0v) is 7.72. The molecule has 2 nitrogen and oxygen atoms in total. The van der Waals surface area contributed by atoms with Gasteiger partial charge in [-0.2, -0.15) is 0 Å². The van der Waals surface area contributed by atoms with E-state index in [-0.39, 0.29) is 5.82 Å². The maximum Gasteiger partial charge on any atom is 0.262 e. The third kappa shape index (κ3) is 3.03. The van der Waals surface area contributed by atoms with Crippen LogP contribution < -0.4 is 4.74 Å². The SMILES string of the molecule is C[C@H](Oc1ccc(F)cc1)C(=O)Cl. The van der Waals surface area contributed by atoms with Crippen molar-refractivity contribution in [2.45, 2.75) is 13.0 Å². The number of carbonyl (C=O) groups is 1. The lowest BCUT2D eigenvalue weighted by Crippen LogP contribution is -2.18. The van der Waals surface area contributed by atoms with Crippen molar-refractivity contribution in [2.24, 2.45) is 0 Å². The van der Waals surface area contributed by atoms with Crippen LogP contribution in [0.15, 0.2) is 24.3 Å². The van der Waals surface area contributed by atoms with Crippen LogP contribution >= 0.6 is 11.6 Å². The predicted molar refractivity (Wildman–Crippen MR) is 47.4 cm³/mol. The second-order valence-corrected chi connectivity index (χ2v) is 2.89. The van der Waals surface area contributed by atoms with Crippen LogP contribution in [0.2, 0.25) is 0 Å². The number of benzene rings is 1. The van der Waals surface area contributed by atoms with Crippen LogP contribution in [0.1, 0.15) is 6.92 Å². The molecule has 0 saturated heterocycles. The summed E-state index contributed by atoms with van der Waals surface area (Å²) in [7, 11) is 0. The Morgan fingerprint density at radius 3 is 2.46 bits per heavy atom. The molecule has 1 atom stereocenters. The standard InChI is InChI=1S/C9H8ClFO2/c1-6(9(10)12)13-8-4-2-7(11)3-5-8/h2-6H,1H3/t6-/m0/s1. The molecule has 0 saturated carbocycles. The second-order valence-electron chi connectivity index (χ2n) is 2.52. The van der Waals surface area contributed by atoms with Crippen molar-refractivity contribution in [2.75, 3.05) is 0 Å². The highest BCUT2D eigenvalue weighted by molar-refractivity contribution is 6.64. The first-order chi connectivity index (χ1) is 6.09. The summed E-state index contributed by atoms with van der Waals surface area (Å²) in [6.07, 6.45) is -0.716. The summed E-state index contributed by atoms with van der Waals surface area (Å²) in [6, 6.07) is 5.37. The fourth-order valence-corrected chi connectivity index (χ4v) is 0.808. The molecule has 0 unspecified atom stereocenters. The normalized spacial score (nSPS) is 12.2. The van der Waals surface area contributed by atoms with Gasteiger partial charge in [0.1, 0.15) is 11.6 Å². The van der Waals surface area contributed by atoms with Crippen molar-refractivity contribution in [1.29, 1.82) is 0 Å². The van der Waals surface area contributed by atoms with Crippen molar-refractivity contribution in [3.63, 3.8) is 0 Å². The van der Waals surface area contributed by atoms with Crippen LogP contribution in [-0.4, -0.2) is 11.3 Å². The van der Waals surface area contributed by atoms with Gasteiger partial charge in [-0.1, -0.05) is 0 Å². The lowest BCUT2D eigenvalue weighted by Gasteiger charge is -2.09. The van der Waals surface area contributed by atoms with E-state index in [1.54, 1.807) is 0 Å². The average molecular weight is 203 g/mol. The van der Waals surface area contributed by atoms with E-state index in [2.05, 4.69) is 0 Å². The molecule has 0 aliphatic carbocycles. The third-order valence-corrected chi connectivity index (χ3v) is 1.75. The highest BCUT2D eigenvalue weighted by atomic mass is 35.5. The highest BCUT2D eigenvalue weighted by Gasteiger charge is 2.10. The van der Waals surface area contributed by atoms with E-state index in [1.807, 2.05) is 0 Å². The predicted octanol–water partition coefficient (Wildman–Crippen LogP) is 2.36. The van der Waals surface area contributed by atoms with Crippen LogP contribution in [0.3, 0.4) is 0 Å². The fourth-order valence-electron chi connectivity index (χ4n) is 0.764. The molecule has 4 heteroatoms. The summed E-state index contributed by atoms with van der Waals surface area (Å²) in [4.78, 5) is 10.6. The van der Waals surface area contributed by atoms with Crippen molar-refractivity contribution >= 4 is 16.8 Å². The molecule has 0 N–H and O–H groups in total. The van der Waals surface area contributed by atoms with Crippen LogP contribution in [0, 0.1) is 5.82 Å². The number of halogens is 2. The molecular formula is C9H8ClFO2. The summed E-state index contributed by atoms with van der Waals surface area (Å²) in [6.45, 7) is 1.53. The summed E-state index contributed by atoms with van der Waals surface area (Å²) < 4.78 is 17.5. The summed E-state index contributed by atoms with van der Waals surface area (Å²) in [5, 5.41) is -0.579. The molecular weight excluding hydrogens is 195 g/mol. The molecule has 0 aromatic heterocycles. The lowest BCUT2D eigenvalue weighted by molar-refractivity contribution is -0.117. The van der Waals surface area contributed by atoms with Crippen LogP contribution in [-0.2, 0) is 4.79 Å². The Morgan fingerprint density at radius 2 is 2.00 bits per heavy atom. The largest absolute Gasteiger partial charge is 0.482 e. The van der Waals surface area contributed by atoms with E-state index in [0.717, 1.165) is 0 Å². The van der Waals surface area contributed by atoms with E-state index in [4.69, 9.17) is 16.3 Å². The van der Waals surface area contributed by atoms with Crippen LogP contribution in [0.5, 0.6) is 5.75 Å². The monoisotopic (exact) mass is 202 g/mol. The van der Waals surface area contributed by atoms with E-state index in [9.17, 15) is 9.18 Å². The summed E-state index contributed by atoms with van der Waals surface area (Å²) in [5.41, 5.74) is 0. The van der Waals surface area contributed by atoms with E-state index < -0.39 is 11.3 Å². The zero-order valence-electron chi connectivity index (χ0n) is 6.96. The van der Waals surface area contributed by atoms with Gasteiger partial charge in [0.2, 0.25) is 0 Å². The van der Waals surface area contributed by atoms with Gasteiger partial charge in [-0.25, -0.2) is 4.39 Å². The van der Waals surface area contributed by atoms with Gasteiger partial charge in [0.15, 0.2) is 6.10 Å². The van der Waals surface area contributed by atoms with Gasteiger partial charge in [0.25, 0.3) is 5.24 Å². The smallest absolute Gasteiger partial charge is 0.262 e. The van der Waals surface area contributed by atoms with Crippen molar-refractivity contribution in [3.05, 3.63) is 30.1 Å². The zero-order chi connectivity index (χ0) is 9.84. The van der Waals surface area contributed by atoms with Gasteiger partial charge in [-0.05, 0) is 42.8 Å². The van der Waals surface area contributed by atoms with Gasteiger partial charge >= 0.3 is 0 Å². The van der Waals surface area contributed by atoms with Gasteiger partial charge in [0, 0.05) is 0 Å². The first kappa shape index (κ1) is 9.99. The molecule has 1 aromatic carbocycles. The first-order valence-electron chi connectivity index (χ1n) is 3.71. The summed E-state index contributed by atoms with van der Waals surface area (Å²) in [5.74, 6) is 0.0695. The van der Waals surface area contributed by atoms with Gasteiger partial charge < -0.3 is 4.74 Å². The minimum Gasteiger partial charge on any atom is -0.482 e. The Balaban J connectivity index is 2.64. The maximum atomic E-state index is 12.4. The Bertz CT molecular complexity index is 297. The van der Waals surface area contributed by atoms with Gasteiger partial charge in [-0.3, -0.25) is 4.79 Å². The molecule has 0 radical (unpaired) electrons. The molecule has 0 spiro atoms. The molecule has 0 bridgehead atoms. The minimum absolute atomic E-state index is 0.350. The van der Waals surface area contributed by atoms with Crippen LogP contribution in [0.4, 0.5) is 4.39 Å². The first-order valence-corrected chi connectivity index (χ1v) is 4.09. The number of hydrogen-bond donors (Lipinski definition) is 0. The Hall–Kier alpha value is -1.09. The maximum absolute atomic E-state index is 12.4. The van der Waals surface area contributed by atoms with Gasteiger partial charge in [-0.15, -0.1) is 0 Å². The molecule has 70 valence electrons. The van der Waals surface area contributed by atoms with Gasteiger partial charge in [0.05, 0.1) is 0 Å². The van der Waals surface area contributed by atoms with E-state index in [1.165, 1.54) is 31.2 Å². The number of carbonyl (C=O) groups excluding carboxylic acids is 1. The van der Waals surface area contributed by atoms with Crippen molar-refractivity contribution < 1.29 is 13.9 Å². The quantitative estimate of drug-likeness (QED) is 0.704. The fraction of sp³-hybridized carbons (Fsp3) is 0.222. The second kappa shape index (κ2) is 4.23. The third-order valence-electron chi connectivity index (χ3n) is 1.45. The molecule has 1 rings (SSSR count). The molecule has 1 aromatic rings. The highest BCUT2D eigenvalue weighted by Crippen LogP contribution is 2.13. The van der Waals surface area contributed by atoms with Crippen molar-refractivity contribution in [3.8, 4) is 5.75 Å². The molecule has 0 amide bonds. The van der Waals surface area contributed by atoms with E-state index >= 15 is 0 Å². The average Bonchev–Trinajstić information content (AvgIpc) is 2.08. The van der Waals surface area contributed by atoms with Crippen molar-refractivity contribution in [1.82, 2.24) is 0 Å². The molecule has 0 fully saturated rings. The van der Waals surface area contributed by atoms with Crippen LogP contribution in [0.25, 0.3) is 0 Å². The summed E-state index contributed by atoms with van der Waals surface area (Å²) >= 11 is 5.17. The lowest BCUT2D eigenvalue weighted by atomic mass is 10.3. The molecule has 0 aliphatic heterocycles. The molecule has 0 aliphatic rings. The number of hydrogen-bond acceptors (Lipinski definition) is 2.